The Kier molecular flexibility index (Phi) is 37.7. The van der Waals surface area contributed by atoms with Crippen molar-refractivity contribution < 1.29 is 136 Å². The molecule has 0 spiro atoms. The number of aromatic nitrogens is 1. The Morgan fingerprint density at radius 3 is 1.44 bits per heavy atom. The molecule has 8 aliphatic rings. The minimum atomic E-state index is -1.96. The van der Waals surface area contributed by atoms with Gasteiger partial charge in [0.2, 0.25) is 5.43 Å². The number of esters is 2. The molecule has 7 saturated heterocycles. The van der Waals surface area contributed by atoms with Crippen LogP contribution in [0.25, 0.3) is 10.9 Å². The summed E-state index contributed by atoms with van der Waals surface area (Å²) in [6.07, 6.45) is -13.6. The van der Waals surface area contributed by atoms with Gasteiger partial charge in [-0.05, 0) is 195 Å². The van der Waals surface area contributed by atoms with Gasteiger partial charge in [-0.3, -0.25) is 19.2 Å². The van der Waals surface area contributed by atoms with Crippen LogP contribution in [0, 0.1) is 47.2 Å². The van der Waals surface area contributed by atoms with Gasteiger partial charge in [-0.15, -0.1) is 0 Å². The van der Waals surface area contributed by atoms with Gasteiger partial charge in [0, 0.05) is 126 Å². The van der Waals surface area contributed by atoms with E-state index in [0.29, 0.717) is 43.7 Å². The first-order chi connectivity index (χ1) is 59.5. The summed E-state index contributed by atoms with van der Waals surface area (Å²) in [7, 11) is 13.9. The molecule has 36 atom stereocenters. The van der Waals surface area contributed by atoms with E-state index in [1.807, 2.05) is 94.0 Å². The van der Waals surface area contributed by atoms with E-state index in [0.717, 1.165) is 25.9 Å². The largest absolute Gasteiger partial charge is 0.477 e. The normalized spacial score (nSPS) is 43.5. The lowest BCUT2D eigenvalue weighted by atomic mass is 9.74. The number of anilines is 1. The Morgan fingerprint density at radius 1 is 0.578 bits per heavy atom. The van der Waals surface area contributed by atoms with Crippen LogP contribution < -0.4 is 15.6 Å². The van der Waals surface area contributed by atoms with Crippen molar-refractivity contribution in [3.05, 3.63) is 39.9 Å². The SMILES string of the molecule is CC[C@H]1OC(=O)[C@H](C)[C@@H](O[C@H]2C[C@@](C)(OC)[C@@H](O)[C@H](C)O2)[C@H](C)[C@@H](O[C@@H]2O[C@H](C)C[C@H](N(C)C)[C@H]2O)[C@](C)(O)C[C@@H](C)CN(C)[C@H](C)[C@@H](O)[C@]1(C)O.CC[C@H]1OC(=O)[C@H](C)[C@@H](O[C@H]2C[C@@](C)(OC)[C@@H](O)[C@H](C)O2)[C@H](C)[C@@H](O[C@@H]2O[C@H](C)C[C@H](N(C)C)[C@H]2O)[C@](C)(OC)C[C@@H](C)C(=O)[C@H](C)[C@@H](O)[C@]1(C)O.O=C(O)c1cn(C2CC2)c2cc(N3CCNCC3)c(F)cc2c1=O. The van der Waals surface area contributed by atoms with Gasteiger partial charge in [0.15, 0.2) is 25.2 Å². The second-order valence-electron chi connectivity index (χ2n) is 40.2. The van der Waals surface area contributed by atoms with E-state index in [1.165, 1.54) is 47.4 Å². The number of carbonyl (C=O) groups is 4. The van der Waals surface area contributed by atoms with Crippen molar-refractivity contribution in [1.29, 1.82) is 0 Å². The van der Waals surface area contributed by atoms with E-state index in [-0.39, 0.29) is 91.5 Å². The molecule has 8 heterocycles. The van der Waals surface area contributed by atoms with Crippen molar-refractivity contribution in [2.45, 2.75) is 383 Å². The van der Waals surface area contributed by atoms with E-state index in [4.69, 9.17) is 61.6 Å². The number of carboxylic acid groups (broad SMARTS) is 1. The lowest BCUT2D eigenvalue weighted by Crippen LogP contribution is -2.61. The van der Waals surface area contributed by atoms with Crippen LogP contribution in [0.1, 0.15) is 219 Å². The second kappa shape index (κ2) is 44.4. The molecule has 736 valence electrons. The zero-order valence-electron chi connectivity index (χ0n) is 81.2. The first kappa shape index (κ1) is 109. The molecule has 2 aromatic rings. The standard InChI is InChI=1S/C38H72N2O12.C38H69NO13.C17H18FN3O3/c1-15-27-38(10,46)31(42)24(6)40(13)19-20(2)17-36(8,45)33(52-35-29(41)26(39(11)12)16-21(3)48-35)22(4)30(23(5)34(44)50-27)51-28-18-37(9,47-14)32(43)25(7)49-28;1-15-26-38(10,45)31(42)21(4)28(40)19(2)17-37(9,47-14)33(52-35-29(41)25(39(11)12)16-20(3)48-35)22(5)30(23(6)34(44)50-26)51-27-18-36(8,46-13)32(43)24(7)49-27;18-13-7-11-14(8-15(13)20-5-3-19-4-6-20)21(10-1-2-10)9-12(16(11)22)17(23)24/h20-33,35,41-43,45-46H,15-19H2,1-14H3;19-27,29-33,35,41-43,45H,15-18H2,1-14H3;7-10,19H,1-6H2,(H,23,24)/t20-,21-,22+,23-,24-,25+,26+,27-,28+,29-,30+,31-,32+,33-,35+,36-,37-,38-;19-,20-,21+,22+,23-,24+,25+,26-,27+,29-,30+,31-,32+,33-,35+,36-,37-,38-;/m11./s1. The molecule has 35 heteroatoms. The first-order valence-electron chi connectivity index (χ1n) is 46.2. The number of aliphatic hydroxyl groups excluding tert-OH is 6. The highest BCUT2D eigenvalue weighted by atomic mass is 19.1. The maximum Gasteiger partial charge on any atom is 0.341 e. The number of nitrogens with zero attached hydrogens (tertiary/aromatic N) is 5. The number of likely N-dealkylation sites (N-methyl/N-ethyl adjacent to an activating group) is 3. The van der Waals surface area contributed by atoms with Gasteiger partial charge >= 0.3 is 17.9 Å². The van der Waals surface area contributed by atoms with Gasteiger partial charge in [-0.1, -0.05) is 48.5 Å². The number of carboxylic acids is 1. The van der Waals surface area contributed by atoms with E-state index < -0.39 is 215 Å². The van der Waals surface area contributed by atoms with Crippen LogP contribution >= 0.6 is 0 Å². The van der Waals surface area contributed by atoms with Crippen molar-refractivity contribution in [3.63, 3.8) is 0 Å². The van der Waals surface area contributed by atoms with Crippen LogP contribution in [0.3, 0.4) is 0 Å². The molecule has 7 aliphatic heterocycles. The van der Waals surface area contributed by atoms with Crippen molar-refractivity contribution in [2.24, 2.45) is 41.4 Å². The molecule has 0 amide bonds. The number of rotatable bonds is 18. The van der Waals surface area contributed by atoms with E-state index in [1.54, 1.807) is 96.1 Å². The number of cyclic esters (lactones) is 2. The topological polar surface area (TPSA) is 438 Å². The molecule has 1 aliphatic carbocycles. The fraction of sp³-hybridized carbons (Fsp3) is 0.860. The summed E-state index contributed by atoms with van der Waals surface area (Å²) in [4.78, 5) is 73.8. The van der Waals surface area contributed by atoms with Crippen LogP contribution in [0.2, 0.25) is 0 Å². The smallest absolute Gasteiger partial charge is 0.341 e. The van der Waals surface area contributed by atoms with E-state index >= 15 is 0 Å². The number of halogens is 1. The predicted molar refractivity (Wildman–Crippen MR) is 474 cm³/mol. The molecule has 11 N–H and O–H groups in total. The minimum Gasteiger partial charge on any atom is -0.477 e. The molecule has 10 rings (SSSR count). The summed E-state index contributed by atoms with van der Waals surface area (Å²) in [5.41, 5.74) is -8.46. The van der Waals surface area contributed by atoms with Gasteiger partial charge in [-0.25, -0.2) is 9.18 Å². The third-order valence-electron chi connectivity index (χ3n) is 29.2. The molecule has 128 heavy (non-hydrogen) atoms. The number of ether oxygens (including phenoxy) is 13. The monoisotopic (exact) mass is 1830 g/mol. The summed E-state index contributed by atoms with van der Waals surface area (Å²) >= 11 is 0. The highest BCUT2D eigenvalue weighted by Gasteiger charge is 2.58. The third kappa shape index (κ3) is 24.6. The molecule has 0 radical (unpaired) electrons. The van der Waals surface area contributed by atoms with Crippen molar-refractivity contribution in [2.75, 3.05) is 94.2 Å². The maximum atomic E-state index is 14.6. The molecular formula is C93H159FN6O28. The Bertz CT molecular complexity index is 4010. The number of methoxy groups -OCH3 is 3. The Labute approximate surface area is 756 Å². The van der Waals surface area contributed by atoms with Gasteiger partial charge in [0.25, 0.3) is 0 Å². The van der Waals surface area contributed by atoms with Crippen LogP contribution in [0.15, 0.2) is 23.1 Å². The van der Waals surface area contributed by atoms with Crippen LogP contribution in [0.5, 0.6) is 0 Å². The number of nitrogens with one attached hydrogen (secondary N) is 1. The van der Waals surface area contributed by atoms with E-state index in [2.05, 4.69) is 5.32 Å². The second-order valence-corrected chi connectivity index (χ2v) is 40.2. The maximum absolute atomic E-state index is 14.6. The van der Waals surface area contributed by atoms with E-state index in [9.17, 15) is 79.4 Å². The molecule has 8 fully saturated rings. The van der Waals surface area contributed by atoms with Gasteiger partial charge in [0.1, 0.15) is 71.1 Å². The highest BCUT2D eigenvalue weighted by Crippen LogP contribution is 2.46. The number of aromatic carboxylic acids is 1. The Morgan fingerprint density at radius 2 is 1.02 bits per heavy atom. The number of carbonyl (C=O) groups excluding carboxylic acids is 3. The average molecular weight is 1830 g/mol. The molecule has 0 bridgehead atoms. The zero-order valence-corrected chi connectivity index (χ0v) is 81.2. The van der Waals surface area contributed by atoms with Crippen LogP contribution in [-0.4, -0.2) is 358 Å². The lowest BCUT2D eigenvalue weighted by Gasteiger charge is -2.50. The number of piperazine rings is 1. The minimum absolute atomic E-state index is 0.111. The number of aliphatic hydroxyl groups is 9. The fourth-order valence-electron chi connectivity index (χ4n) is 20.6. The fourth-order valence-corrected chi connectivity index (χ4v) is 20.6. The first-order valence-corrected chi connectivity index (χ1v) is 46.2. The zero-order chi connectivity index (χ0) is 96.2. The summed E-state index contributed by atoms with van der Waals surface area (Å²) in [5, 5.41) is 116. The number of hydrogen-bond acceptors (Lipinski definition) is 32. The summed E-state index contributed by atoms with van der Waals surface area (Å²) in [6, 6.07) is 1.99. The van der Waals surface area contributed by atoms with Crippen LogP contribution in [0.4, 0.5) is 10.1 Å². The molecule has 1 aromatic heterocycles. The number of Topliss-reactive ketones (excluding diaryl/α,β-unsaturated/α-hetero) is 1. The van der Waals surface area contributed by atoms with Crippen molar-refractivity contribution >= 4 is 40.3 Å². The quantitative estimate of drug-likeness (QED) is 0.0771. The summed E-state index contributed by atoms with van der Waals surface area (Å²) in [6.45, 7) is 38.1. The van der Waals surface area contributed by atoms with Gasteiger partial charge < -0.3 is 142 Å². The number of hydrogen-bond donors (Lipinski definition) is 11. The number of benzene rings is 1. The highest BCUT2D eigenvalue weighted by molar-refractivity contribution is 5.93. The Balaban J connectivity index is 0.000000252. The van der Waals surface area contributed by atoms with Gasteiger partial charge in [0.05, 0.1) is 100 Å². The summed E-state index contributed by atoms with van der Waals surface area (Å²) < 4.78 is 97.8. The lowest BCUT2D eigenvalue weighted by molar-refractivity contribution is -0.319. The summed E-state index contributed by atoms with van der Waals surface area (Å²) in [5.74, 6) is -8.81. The predicted octanol–water partition coefficient (Wildman–Crippen LogP) is 5.92. The Hall–Kier alpha value is -4.72. The number of ketones is 1. The van der Waals surface area contributed by atoms with Crippen LogP contribution in [-0.2, 0) is 76.0 Å². The van der Waals surface area contributed by atoms with Crippen molar-refractivity contribution in [1.82, 2.24) is 24.6 Å². The molecular weight excluding hydrogens is 1670 g/mol. The van der Waals surface area contributed by atoms with Crippen molar-refractivity contribution in [3.8, 4) is 0 Å². The molecule has 0 unspecified atom stereocenters. The number of fused-ring (bicyclic) bond motifs is 1. The molecule has 34 nitrogen and oxygen atoms in total. The van der Waals surface area contributed by atoms with Gasteiger partial charge in [-0.2, -0.15) is 0 Å². The molecule has 1 saturated carbocycles. The third-order valence-corrected chi connectivity index (χ3v) is 29.2. The number of pyridine rings is 1. The molecule has 1 aromatic carbocycles. The average Bonchev–Trinajstić information content (AvgIpc) is 1.43.